The summed E-state index contributed by atoms with van der Waals surface area (Å²) in [6, 6.07) is 6.36. The number of benzene rings is 1. The first-order chi connectivity index (χ1) is 11.5. The summed E-state index contributed by atoms with van der Waals surface area (Å²) in [5.74, 6) is 0. The van der Waals surface area contributed by atoms with Crippen LogP contribution in [-0.2, 0) is 14.6 Å². The molecule has 0 spiro atoms. The van der Waals surface area contributed by atoms with Gasteiger partial charge in [0.1, 0.15) is 0 Å². The largest absolute Gasteiger partial charge is 0.377 e. The van der Waals surface area contributed by atoms with Crippen LogP contribution < -0.4 is 5.32 Å². The first kappa shape index (κ1) is 17.2. The van der Waals surface area contributed by atoms with E-state index in [0.29, 0.717) is 30.3 Å². The van der Waals surface area contributed by atoms with Gasteiger partial charge in [-0.15, -0.1) is 0 Å². The number of urea groups is 1. The van der Waals surface area contributed by atoms with Crippen molar-refractivity contribution in [3.8, 4) is 0 Å². The lowest BCUT2D eigenvalue weighted by atomic mass is 10.2. The van der Waals surface area contributed by atoms with Crippen molar-refractivity contribution in [1.82, 2.24) is 4.90 Å². The number of carbonyl (C=O) groups is 1. The Morgan fingerprint density at radius 2 is 2.04 bits per heavy atom. The fraction of sp³-hybridized carbons (Fsp3) is 0.588. The van der Waals surface area contributed by atoms with Gasteiger partial charge in [-0.3, -0.25) is 0 Å². The summed E-state index contributed by atoms with van der Waals surface area (Å²) < 4.78 is 30.7. The van der Waals surface area contributed by atoms with Gasteiger partial charge in [0.25, 0.3) is 0 Å². The van der Waals surface area contributed by atoms with Crippen LogP contribution in [-0.4, -0.2) is 50.4 Å². The number of hydrogen-bond donors (Lipinski definition) is 1. The number of ether oxygens (including phenoxy) is 1. The second kappa shape index (κ2) is 7.11. The van der Waals surface area contributed by atoms with E-state index in [1.54, 1.807) is 29.2 Å². The average Bonchev–Trinajstić information content (AvgIpc) is 3.11. The molecule has 1 aliphatic carbocycles. The molecule has 2 amide bonds. The number of anilines is 1. The number of nitrogens with zero attached hydrogens (tertiary/aromatic N) is 1. The number of morpholine rings is 1. The second-order valence-electron chi connectivity index (χ2n) is 6.53. The van der Waals surface area contributed by atoms with Gasteiger partial charge in [-0.25, -0.2) is 13.2 Å². The van der Waals surface area contributed by atoms with E-state index in [1.807, 2.05) is 6.92 Å². The van der Waals surface area contributed by atoms with Crippen LogP contribution in [0.5, 0.6) is 0 Å². The van der Waals surface area contributed by atoms with Crippen LogP contribution in [0, 0.1) is 0 Å². The normalized spacial score (nSPS) is 22.5. The minimum Gasteiger partial charge on any atom is -0.377 e. The van der Waals surface area contributed by atoms with Gasteiger partial charge >= 0.3 is 6.03 Å². The van der Waals surface area contributed by atoms with Crippen molar-refractivity contribution in [1.29, 1.82) is 0 Å². The van der Waals surface area contributed by atoms with E-state index in [0.717, 1.165) is 25.7 Å². The first-order valence-electron chi connectivity index (χ1n) is 8.48. The first-order valence-corrected chi connectivity index (χ1v) is 10.0. The highest BCUT2D eigenvalue weighted by atomic mass is 32.2. The van der Waals surface area contributed by atoms with Crippen molar-refractivity contribution >= 4 is 21.6 Å². The molecule has 1 aromatic carbocycles. The second-order valence-corrected chi connectivity index (χ2v) is 8.75. The van der Waals surface area contributed by atoms with Crippen molar-refractivity contribution in [2.45, 2.75) is 48.8 Å². The average molecular weight is 352 g/mol. The summed E-state index contributed by atoms with van der Waals surface area (Å²) in [7, 11) is -3.32. The van der Waals surface area contributed by atoms with Gasteiger partial charge in [0.15, 0.2) is 9.84 Å². The van der Waals surface area contributed by atoms with E-state index in [-0.39, 0.29) is 17.3 Å². The zero-order valence-electron chi connectivity index (χ0n) is 13.9. The molecule has 0 aromatic heterocycles. The van der Waals surface area contributed by atoms with Crippen molar-refractivity contribution in [3.63, 3.8) is 0 Å². The molecule has 1 N–H and O–H groups in total. The molecule has 2 fully saturated rings. The van der Waals surface area contributed by atoms with E-state index in [9.17, 15) is 13.2 Å². The quantitative estimate of drug-likeness (QED) is 0.907. The minimum absolute atomic E-state index is 0.00385. The van der Waals surface area contributed by atoms with Crippen molar-refractivity contribution in [2.24, 2.45) is 0 Å². The highest BCUT2D eigenvalue weighted by Gasteiger charge is 2.30. The maximum absolute atomic E-state index is 12.7. The Morgan fingerprint density at radius 3 is 2.75 bits per heavy atom. The van der Waals surface area contributed by atoms with E-state index < -0.39 is 9.84 Å². The number of sulfone groups is 1. The predicted octanol–water partition coefficient (Wildman–Crippen LogP) is 2.66. The molecule has 6 nitrogen and oxygen atoms in total. The monoisotopic (exact) mass is 352 g/mol. The molecule has 3 rings (SSSR count). The van der Waals surface area contributed by atoms with Crippen LogP contribution in [0.4, 0.5) is 10.5 Å². The molecular formula is C17H24N2O4S. The lowest BCUT2D eigenvalue weighted by Gasteiger charge is -2.33. The molecule has 1 aromatic rings. The molecule has 0 radical (unpaired) electrons. The summed E-state index contributed by atoms with van der Waals surface area (Å²) in [4.78, 5) is 14.4. The number of carbonyl (C=O) groups excluding carboxylic acids is 1. The summed E-state index contributed by atoms with van der Waals surface area (Å²) in [6.45, 7) is 3.50. The van der Waals surface area contributed by atoms with Gasteiger partial charge in [0.2, 0.25) is 0 Å². The molecule has 7 heteroatoms. The van der Waals surface area contributed by atoms with Crippen molar-refractivity contribution in [3.05, 3.63) is 24.3 Å². The number of amides is 2. The van der Waals surface area contributed by atoms with Crippen LogP contribution >= 0.6 is 0 Å². The Bertz CT molecular complexity index is 698. The Balaban J connectivity index is 1.74. The number of nitrogens with one attached hydrogen (secondary N) is 1. The summed E-state index contributed by atoms with van der Waals surface area (Å²) >= 11 is 0. The molecule has 1 aliphatic heterocycles. The zero-order valence-corrected chi connectivity index (χ0v) is 14.7. The van der Waals surface area contributed by atoms with Gasteiger partial charge in [-0.05, 0) is 38.0 Å². The fourth-order valence-corrected chi connectivity index (χ4v) is 5.26. The third kappa shape index (κ3) is 3.57. The van der Waals surface area contributed by atoms with Crippen molar-refractivity contribution in [2.75, 3.05) is 25.1 Å². The lowest BCUT2D eigenvalue weighted by Crippen LogP contribution is -2.48. The van der Waals surface area contributed by atoms with Gasteiger partial charge in [-0.1, -0.05) is 18.9 Å². The van der Waals surface area contributed by atoms with E-state index in [1.165, 1.54) is 0 Å². The Hall–Kier alpha value is -1.60. The molecule has 1 atom stereocenters. The highest BCUT2D eigenvalue weighted by molar-refractivity contribution is 7.92. The van der Waals surface area contributed by atoms with Gasteiger partial charge in [-0.2, -0.15) is 0 Å². The van der Waals surface area contributed by atoms with Crippen LogP contribution in [0.3, 0.4) is 0 Å². The third-order valence-electron chi connectivity index (χ3n) is 4.78. The molecule has 0 unspecified atom stereocenters. The maximum Gasteiger partial charge on any atom is 0.322 e. The smallest absolute Gasteiger partial charge is 0.322 e. The Kier molecular flexibility index (Phi) is 5.10. The predicted molar refractivity (Wildman–Crippen MR) is 91.9 cm³/mol. The van der Waals surface area contributed by atoms with Crippen LogP contribution in [0.2, 0.25) is 0 Å². The van der Waals surface area contributed by atoms with E-state index >= 15 is 0 Å². The minimum atomic E-state index is -3.32. The van der Waals surface area contributed by atoms with Gasteiger partial charge in [0, 0.05) is 12.2 Å². The zero-order chi connectivity index (χ0) is 17.2. The lowest BCUT2D eigenvalue weighted by molar-refractivity contribution is 0.0222. The SMILES string of the molecule is C[C@H]1COCCN1C(=O)Nc1cccc(S(=O)(=O)C2CCCC2)c1. The molecule has 132 valence electrons. The van der Waals surface area contributed by atoms with Crippen LogP contribution in [0.1, 0.15) is 32.6 Å². The van der Waals surface area contributed by atoms with Crippen LogP contribution in [0.25, 0.3) is 0 Å². The summed E-state index contributed by atoms with van der Waals surface area (Å²) in [6.07, 6.45) is 3.39. The molecule has 1 saturated heterocycles. The molecule has 24 heavy (non-hydrogen) atoms. The van der Waals surface area contributed by atoms with Gasteiger partial charge in [0.05, 0.1) is 29.4 Å². The van der Waals surface area contributed by atoms with Gasteiger partial charge < -0.3 is 15.0 Å². The highest BCUT2D eigenvalue weighted by Crippen LogP contribution is 2.30. The topological polar surface area (TPSA) is 75.7 Å². The Labute approximate surface area is 143 Å². The Morgan fingerprint density at radius 1 is 1.29 bits per heavy atom. The summed E-state index contributed by atoms with van der Waals surface area (Å²) in [5.41, 5.74) is 0.512. The summed E-state index contributed by atoms with van der Waals surface area (Å²) in [5, 5.41) is 2.52. The molecule has 1 heterocycles. The number of hydrogen-bond acceptors (Lipinski definition) is 4. The number of rotatable bonds is 3. The third-order valence-corrected chi connectivity index (χ3v) is 7.04. The van der Waals surface area contributed by atoms with E-state index in [2.05, 4.69) is 5.32 Å². The molecule has 1 saturated carbocycles. The van der Waals surface area contributed by atoms with Crippen molar-refractivity contribution < 1.29 is 17.9 Å². The fourth-order valence-electron chi connectivity index (χ4n) is 3.37. The molecular weight excluding hydrogens is 328 g/mol. The molecule has 0 bridgehead atoms. The standard InChI is InChI=1S/C17H24N2O4S/c1-13-12-23-10-9-19(13)17(20)18-14-5-4-8-16(11-14)24(21,22)15-6-2-3-7-15/h4-5,8,11,13,15H,2-3,6-7,9-10,12H2,1H3,(H,18,20)/t13-/m0/s1. The van der Waals surface area contributed by atoms with Crippen LogP contribution in [0.15, 0.2) is 29.2 Å². The van der Waals surface area contributed by atoms with E-state index in [4.69, 9.17) is 4.74 Å². The molecule has 2 aliphatic rings. The maximum atomic E-state index is 12.7.